The Morgan fingerprint density at radius 1 is 1.04 bits per heavy atom. The number of hydrogen-bond donors (Lipinski definition) is 1. The summed E-state index contributed by atoms with van der Waals surface area (Å²) in [6.45, 7) is 0.565. The van der Waals surface area contributed by atoms with Gasteiger partial charge in [-0.15, -0.1) is 0 Å². The molecule has 0 saturated carbocycles. The minimum absolute atomic E-state index is 0.112. The van der Waals surface area contributed by atoms with Gasteiger partial charge in [-0.3, -0.25) is 14.5 Å². The molecule has 1 aromatic carbocycles. The van der Waals surface area contributed by atoms with Gasteiger partial charge in [0, 0.05) is 13.1 Å². The molecule has 6 nitrogen and oxygen atoms in total. The molecule has 4 rings (SSSR count). The molecule has 2 unspecified atom stereocenters. The molecular weight excluding hydrogens is 325 g/mol. The maximum absolute atomic E-state index is 13.6. The highest BCUT2D eigenvalue weighted by Crippen LogP contribution is 2.37. The zero-order valence-electron chi connectivity index (χ0n) is 13.5. The van der Waals surface area contributed by atoms with Crippen molar-refractivity contribution in [3.63, 3.8) is 0 Å². The largest absolute Gasteiger partial charge is 0.322 e. The number of imide groups is 1. The summed E-state index contributed by atoms with van der Waals surface area (Å²) in [6, 6.07) is 5.22. The molecule has 0 bridgehead atoms. The monoisotopic (exact) mass is 343 g/mol. The average molecular weight is 343 g/mol. The third kappa shape index (κ3) is 2.59. The summed E-state index contributed by atoms with van der Waals surface area (Å²) in [4.78, 5) is 40.0. The van der Waals surface area contributed by atoms with Gasteiger partial charge in [0.15, 0.2) is 0 Å². The predicted molar refractivity (Wildman–Crippen MR) is 88.0 cm³/mol. The van der Waals surface area contributed by atoms with Crippen LogP contribution in [0.4, 0.5) is 14.9 Å². The van der Waals surface area contributed by atoms with Gasteiger partial charge in [0.2, 0.25) is 11.8 Å². The van der Waals surface area contributed by atoms with E-state index in [0.717, 1.165) is 0 Å². The van der Waals surface area contributed by atoms with E-state index in [1.165, 1.54) is 21.9 Å². The van der Waals surface area contributed by atoms with Crippen LogP contribution >= 0.6 is 0 Å². The Bertz CT molecular complexity index is 747. The van der Waals surface area contributed by atoms with E-state index in [4.69, 9.17) is 0 Å². The van der Waals surface area contributed by atoms with Crippen LogP contribution in [-0.2, 0) is 9.59 Å². The molecule has 3 aliphatic rings. The fourth-order valence-electron chi connectivity index (χ4n) is 3.73. The van der Waals surface area contributed by atoms with Gasteiger partial charge in [-0.05, 0) is 25.0 Å². The molecule has 2 saturated heterocycles. The van der Waals surface area contributed by atoms with Crippen LogP contribution in [0.3, 0.4) is 0 Å². The SMILES string of the molecule is O=C(Nc1ccccc1F)N1CC(N2C(=O)C3CC=CCC3C2=O)C1. The van der Waals surface area contributed by atoms with E-state index < -0.39 is 11.8 Å². The van der Waals surface area contributed by atoms with Crippen LogP contribution in [0.15, 0.2) is 36.4 Å². The fraction of sp³-hybridized carbons (Fsp3) is 0.389. The van der Waals surface area contributed by atoms with Crippen molar-refractivity contribution in [3.05, 3.63) is 42.2 Å². The van der Waals surface area contributed by atoms with E-state index in [0.29, 0.717) is 12.8 Å². The quantitative estimate of drug-likeness (QED) is 0.659. The van der Waals surface area contributed by atoms with Gasteiger partial charge >= 0.3 is 6.03 Å². The zero-order valence-corrected chi connectivity index (χ0v) is 13.5. The van der Waals surface area contributed by atoms with Crippen LogP contribution in [-0.4, -0.2) is 46.8 Å². The standard InChI is InChI=1S/C18H18FN3O3/c19-14-7-3-4-8-15(14)20-18(25)21-9-11(10-21)22-16(23)12-5-1-2-6-13(12)17(22)24/h1-4,7-8,11-13H,5-6,9-10H2,(H,20,25). The third-order valence-electron chi connectivity index (χ3n) is 5.17. The second-order valence-electron chi connectivity index (χ2n) is 6.67. The molecular formula is C18H18FN3O3. The molecule has 0 radical (unpaired) electrons. The van der Waals surface area contributed by atoms with Gasteiger partial charge < -0.3 is 10.2 Å². The second kappa shape index (κ2) is 5.98. The number of amides is 4. The average Bonchev–Trinajstić information content (AvgIpc) is 2.81. The van der Waals surface area contributed by atoms with Gasteiger partial charge in [-0.25, -0.2) is 9.18 Å². The van der Waals surface area contributed by atoms with E-state index >= 15 is 0 Å². The van der Waals surface area contributed by atoms with Crippen molar-refractivity contribution in [2.24, 2.45) is 11.8 Å². The lowest BCUT2D eigenvalue weighted by atomic mass is 9.85. The number of carbonyl (C=O) groups excluding carboxylic acids is 3. The van der Waals surface area contributed by atoms with Crippen molar-refractivity contribution < 1.29 is 18.8 Å². The van der Waals surface area contributed by atoms with Gasteiger partial charge in [0.05, 0.1) is 23.6 Å². The number of para-hydroxylation sites is 1. The van der Waals surface area contributed by atoms with Crippen LogP contribution in [0.25, 0.3) is 0 Å². The van der Waals surface area contributed by atoms with Gasteiger partial charge in [0.1, 0.15) is 5.82 Å². The van der Waals surface area contributed by atoms with Crippen LogP contribution < -0.4 is 5.32 Å². The number of rotatable bonds is 2. The lowest BCUT2D eigenvalue weighted by Crippen LogP contribution is -2.63. The lowest BCUT2D eigenvalue weighted by Gasteiger charge is -2.43. The molecule has 2 aliphatic heterocycles. The first-order valence-corrected chi connectivity index (χ1v) is 8.38. The molecule has 2 heterocycles. The highest BCUT2D eigenvalue weighted by Gasteiger charge is 2.52. The normalized spacial score (nSPS) is 25.8. The van der Waals surface area contributed by atoms with Crippen molar-refractivity contribution in [1.29, 1.82) is 0 Å². The van der Waals surface area contributed by atoms with E-state index in [1.54, 1.807) is 12.1 Å². The van der Waals surface area contributed by atoms with Crippen molar-refractivity contribution in [2.75, 3.05) is 18.4 Å². The zero-order chi connectivity index (χ0) is 17.6. The Hall–Kier alpha value is -2.70. The first-order chi connectivity index (χ1) is 12.1. The Balaban J connectivity index is 1.37. The summed E-state index contributed by atoms with van der Waals surface area (Å²) in [5.74, 6) is -1.26. The van der Waals surface area contributed by atoms with Crippen LogP contribution in [0.2, 0.25) is 0 Å². The number of allylic oxidation sites excluding steroid dienone is 2. The van der Waals surface area contributed by atoms with Gasteiger partial charge in [-0.1, -0.05) is 24.3 Å². The van der Waals surface area contributed by atoms with Crippen LogP contribution in [0.1, 0.15) is 12.8 Å². The lowest BCUT2D eigenvalue weighted by molar-refractivity contribution is -0.145. The minimum atomic E-state index is -0.505. The number of hydrogen-bond acceptors (Lipinski definition) is 3. The Kier molecular flexibility index (Phi) is 3.78. The van der Waals surface area contributed by atoms with E-state index in [-0.39, 0.29) is 48.5 Å². The Labute approximate surface area is 144 Å². The first kappa shape index (κ1) is 15.8. The van der Waals surface area contributed by atoms with Crippen molar-refractivity contribution >= 4 is 23.5 Å². The predicted octanol–water partition coefficient (Wildman–Crippen LogP) is 1.99. The number of benzene rings is 1. The molecule has 0 spiro atoms. The summed E-state index contributed by atoms with van der Waals surface area (Å²) < 4.78 is 13.6. The first-order valence-electron chi connectivity index (χ1n) is 8.38. The number of anilines is 1. The number of urea groups is 1. The van der Waals surface area contributed by atoms with E-state index in [2.05, 4.69) is 5.32 Å². The minimum Gasteiger partial charge on any atom is -0.320 e. The van der Waals surface area contributed by atoms with Crippen LogP contribution in [0.5, 0.6) is 0 Å². The van der Waals surface area contributed by atoms with Gasteiger partial charge in [0.25, 0.3) is 0 Å². The second-order valence-corrected chi connectivity index (χ2v) is 6.67. The fourth-order valence-corrected chi connectivity index (χ4v) is 3.73. The summed E-state index contributed by atoms with van der Waals surface area (Å²) in [7, 11) is 0. The highest BCUT2D eigenvalue weighted by molar-refractivity contribution is 6.06. The molecule has 1 N–H and O–H groups in total. The summed E-state index contributed by atoms with van der Waals surface area (Å²) in [5, 5.41) is 2.51. The smallest absolute Gasteiger partial charge is 0.320 e. The number of likely N-dealkylation sites (tertiary alicyclic amines) is 2. The van der Waals surface area contributed by atoms with Crippen molar-refractivity contribution in [3.8, 4) is 0 Å². The molecule has 2 atom stereocenters. The van der Waals surface area contributed by atoms with Gasteiger partial charge in [-0.2, -0.15) is 0 Å². The number of nitrogens with zero attached hydrogens (tertiary/aromatic N) is 2. The third-order valence-corrected chi connectivity index (χ3v) is 5.17. The highest BCUT2D eigenvalue weighted by atomic mass is 19.1. The number of fused-ring (bicyclic) bond motifs is 1. The maximum atomic E-state index is 13.6. The van der Waals surface area contributed by atoms with Crippen molar-refractivity contribution in [2.45, 2.75) is 18.9 Å². The molecule has 0 aromatic heterocycles. The molecule has 1 aliphatic carbocycles. The van der Waals surface area contributed by atoms with E-state index in [1.807, 2.05) is 12.2 Å². The summed E-state index contributed by atoms with van der Waals surface area (Å²) in [6.07, 6.45) is 5.11. The van der Waals surface area contributed by atoms with E-state index in [9.17, 15) is 18.8 Å². The Morgan fingerprint density at radius 2 is 1.64 bits per heavy atom. The molecule has 130 valence electrons. The number of carbonyl (C=O) groups is 3. The molecule has 7 heteroatoms. The topological polar surface area (TPSA) is 69.7 Å². The number of halogens is 1. The molecule has 4 amide bonds. The molecule has 1 aromatic rings. The van der Waals surface area contributed by atoms with Crippen LogP contribution in [0, 0.1) is 17.7 Å². The molecule has 25 heavy (non-hydrogen) atoms. The summed E-state index contributed by atoms with van der Waals surface area (Å²) >= 11 is 0. The Morgan fingerprint density at radius 3 is 2.24 bits per heavy atom. The maximum Gasteiger partial charge on any atom is 0.322 e. The molecule has 2 fully saturated rings. The summed E-state index contributed by atoms with van der Waals surface area (Å²) in [5.41, 5.74) is 0.112. The number of nitrogens with one attached hydrogen (secondary N) is 1. The van der Waals surface area contributed by atoms with Crippen molar-refractivity contribution in [1.82, 2.24) is 9.80 Å².